The lowest BCUT2D eigenvalue weighted by atomic mass is 9.97. The van der Waals surface area contributed by atoms with Gasteiger partial charge in [-0.1, -0.05) is 97.1 Å². The molecule has 0 radical (unpaired) electrons. The van der Waals surface area contributed by atoms with Crippen molar-refractivity contribution in [2.75, 3.05) is 13.2 Å². The van der Waals surface area contributed by atoms with E-state index in [2.05, 4.69) is 10.6 Å². The quantitative estimate of drug-likeness (QED) is 0.104. The third kappa shape index (κ3) is 13.0. The van der Waals surface area contributed by atoms with Gasteiger partial charge in [0, 0.05) is 12.8 Å². The van der Waals surface area contributed by atoms with Gasteiger partial charge in [0.2, 0.25) is 11.8 Å². The van der Waals surface area contributed by atoms with Crippen LogP contribution in [-0.2, 0) is 45.2 Å². The molecule has 0 saturated heterocycles. The number of allylic oxidation sites excluding steroid dienone is 2. The van der Waals surface area contributed by atoms with E-state index in [0.717, 1.165) is 33.8 Å². The third-order valence-corrected chi connectivity index (χ3v) is 8.83. The summed E-state index contributed by atoms with van der Waals surface area (Å²) < 4.78 is 17.4. The van der Waals surface area contributed by atoms with Crippen LogP contribution < -0.4 is 20.1 Å². The van der Waals surface area contributed by atoms with Gasteiger partial charge in [-0.25, -0.2) is 0 Å². The fourth-order valence-electron chi connectivity index (χ4n) is 5.93. The molecule has 0 aromatic heterocycles. The number of amides is 2. The molecular formula is C43H48N2O7. The van der Waals surface area contributed by atoms with E-state index in [0.29, 0.717) is 45.3 Å². The molecule has 1 heterocycles. The Bertz CT molecular complexity index is 1710. The summed E-state index contributed by atoms with van der Waals surface area (Å²) in [4.78, 5) is 39.4. The van der Waals surface area contributed by atoms with Crippen molar-refractivity contribution >= 4 is 17.8 Å². The topological polar surface area (TPSA) is 123 Å². The maximum Gasteiger partial charge on any atom is 0.305 e. The number of benzene rings is 4. The minimum atomic E-state index is -0.649. The molecule has 3 atom stereocenters. The highest BCUT2D eigenvalue weighted by Gasteiger charge is 2.26. The number of hydrogen-bond acceptors (Lipinski definition) is 7. The van der Waals surface area contributed by atoms with Gasteiger partial charge in [0.15, 0.2) is 0 Å². The van der Waals surface area contributed by atoms with Crippen LogP contribution in [0.15, 0.2) is 121 Å². The predicted octanol–water partition coefficient (Wildman–Crippen LogP) is 6.27. The zero-order chi connectivity index (χ0) is 36.4. The highest BCUT2D eigenvalue weighted by atomic mass is 16.5. The molecule has 1 aliphatic rings. The van der Waals surface area contributed by atoms with Crippen LogP contribution in [-0.4, -0.2) is 48.2 Å². The van der Waals surface area contributed by atoms with Gasteiger partial charge in [0.25, 0.3) is 0 Å². The van der Waals surface area contributed by atoms with E-state index in [1.807, 2.05) is 121 Å². The fourth-order valence-corrected chi connectivity index (χ4v) is 5.93. The van der Waals surface area contributed by atoms with Crippen LogP contribution in [0, 0.1) is 5.92 Å². The Hall–Kier alpha value is -5.41. The van der Waals surface area contributed by atoms with Crippen LogP contribution in [0.2, 0.25) is 0 Å². The van der Waals surface area contributed by atoms with Gasteiger partial charge >= 0.3 is 5.97 Å². The van der Waals surface area contributed by atoms with E-state index in [1.54, 1.807) is 0 Å². The Morgan fingerprint density at radius 1 is 0.788 bits per heavy atom. The van der Waals surface area contributed by atoms with Crippen molar-refractivity contribution in [2.24, 2.45) is 5.92 Å². The lowest BCUT2D eigenvalue weighted by Gasteiger charge is -2.23. The van der Waals surface area contributed by atoms with Crippen molar-refractivity contribution in [2.45, 2.75) is 70.2 Å². The normalized spacial score (nSPS) is 17.3. The first-order valence-electron chi connectivity index (χ1n) is 18.0. The Balaban J connectivity index is 1.16. The summed E-state index contributed by atoms with van der Waals surface area (Å²) in [5, 5.41) is 16.1. The minimum Gasteiger partial charge on any atom is -0.489 e. The molecule has 9 nitrogen and oxygen atoms in total. The number of carbonyl (C=O) groups excluding carboxylic acids is 3. The molecule has 1 aliphatic heterocycles. The number of nitrogens with one attached hydrogen (secondary N) is 2. The Labute approximate surface area is 306 Å². The summed E-state index contributed by atoms with van der Waals surface area (Å²) in [7, 11) is 0. The number of aliphatic hydroxyl groups is 1. The van der Waals surface area contributed by atoms with Gasteiger partial charge < -0.3 is 30.0 Å². The first-order chi connectivity index (χ1) is 25.4. The monoisotopic (exact) mass is 704 g/mol. The average molecular weight is 705 g/mol. The van der Waals surface area contributed by atoms with Crippen molar-refractivity contribution in [3.05, 3.63) is 144 Å². The molecule has 0 spiro atoms. The van der Waals surface area contributed by atoms with Gasteiger partial charge in [0.1, 0.15) is 31.3 Å². The molecule has 272 valence electrons. The summed E-state index contributed by atoms with van der Waals surface area (Å²) in [5.74, 6) is -0.126. The van der Waals surface area contributed by atoms with Crippen molar-refractivity contribution in [3.63, 3.8) is 0 Å². The largest absolute Gasteiger partial charge is 0.489 e. The van der Waals surface area contributed by atoms with Crippen LogP contribution in [0.25, 0.3) is 0 Å². The average Bonchev–Trinajstić information content (AvgIpc) is 3.18. The molecule has 52 heavy (non-hydrogen) atoms. The molecule has 3 N–H and O–H groups in total. The highest BCUT2D eigenvalue weighted by molar-refractivity contribution is 5.86. The lowest BCUT2D eigenvalue weighted by molar-refractivity contribution is -0.145. The molecule has 0 fully saturated rings. The summed E-state index contributed by atoms with van der Waals surface area (Å²) >= 11 is 0. The lowest BCUT2D eigenvalue weighted by Crippen LogP contribution is -2.45. The predicted molar refractivity (Wildman–Crippen MR) is 199 cm³/mol. The summed E-state index contributed by atoms with van der Waals surface area (Å²) in [6.07, 6.45) is 6.57. The molecule has 0 bridgehead atoms. The number of cyclic esters (lactones) is 1. The Kier molecular flexibility index (Phi) is 14.9. The van der Waals surface area contributed by atoms with Crippen molar-refractivity contribution in [1.82, 2.24) is 10.6 Å². The fraction of sp³-hybridized carbons (Fsp3) is 0.326. The highest BCUT2D eigenvalue weighted by Crippen LogP contribution is 2.19. The number of hydrogen-bond donors (Lipinski definition) is 3. The standard InChI is InChI=1S/C43H48N2O7/c46-28-37(25-32-17-21-39(22-18-32)50-29-34-11-5-3-6-12-34)44-41(47)27-36-15-9-1-2-10-16-42(48)52-31-38(45-43(36)49)26-33-19-23-40(24-20-33)51-30-35-13-7-4-8-14-35/h1,3-9,11-14,17-24,36-38,46H,2,10,15-16,25-31H2,(H,44,47)(H,45,49). The van der Waals surface area contributed by atoms with Gasteiger partial charge in [-0.15, -0.1) is 0 Å². The molecule has 4 aromatic rings. The first-order valence-corrected chi connectivity index (χ1v) is 18.0. The zero-order valence-electron chi connectivity index (χ0n) is 29.5. The van der Waals surface area contributed by atoms with E-state index in [4.69, 9.17) is 14.2 Å². The van der Waals surface area contributed by atoms with Crippen LogP contribution in [0.1, 0.15) is 54.4 Å². The number of aliphatic hydroxyl groups excluding tert-OH is 1. The molecular weight excluding hydrogens is 656 g/mol. The zero-order valence-corrected chi connectivity index (χ0v) is 29.5. The smallest absolute Gasteiger partial charge is 0.305 e. The number of rotatable bonds is 14. The SMILES string of the molecule is O=C(CC1CC=CCCCC(=O)OCC(Cc2ccc(OCc3ccccc3)cc2)NC1=O)NC(CO)Cc1ccc(OCc2ccccc2)cc1. The van der Waals surface area contributed by atoms with E-state index in [-0.39, 0.29) is 43.8 Å². The van der Waals surface area contributed by atoms with Gasteiger partial charge in [-0.2, -0.15) is 0 Å². The van der Waals surface area contributed by atoms with Crippen molar-refractivity contribution in [3.8, 4) is 11.5 Å². The van der Waals surface area contributed by atoms with Crippen LogP contribution in [0.5, 0.6) is 11.5 Å². The summed E-state index contributed by atoms with van der Waals surface area (Å²) in [6.45, 7) is 0.683. The molecule has 0 saturated carbocycles. The second-order valence-corrected chi connectivity index (χ2v) is 13.1. The maximum atomic E-state index is 13.7. The summed E-state index contributed by atoms with van der Waals surface area (Å²) in [5.41, 5.74) is 4.02. The van der Waals surface area contributed by atoms with E-state index >= 15 is 0 Å². The maximum absolute atomic E-state index is 13.7. The van der Waals surface area contributed by atoms with E-state index in [9.17, 15) is 19.5 Å². The number of carbonyl (C=O) groups is 3. The first kappa shape index (κ1) is 37.8. The second kappa shape index (κ2) is 20.4. The van der Waals surface area contributed by atoms with Gasteiger partial charge in [0.05, 0.1) is 24.6 Å². The molecule has 0 aliphatic carbocycles. The van der Waals surface area contributed by atoms with Crippen LogP contribution >= 0.6 is 0 Å². The molecule has 5 rings (SSSR count). The number of esters is 1. The molecule has 3 unspecified atom stereocenters. The Morgan fingerprint density at radius 3 is 1.98 bits per heavy atom. The van der Waals surface area contributed by atoms with Crippen molar-refractivity contribution < 1.29 is 33.7 Å². The van der Waals surface area contributed by atoms with E-state index < -0.39 is 18.0 Å². The van der Waals surface area contributed by atoms with Crippen LogP contribution in [0.3, 0.4) is 0 Å². The number of ether oxygens (including phenoxy) is 3. The van der Waals surface area contributed by atoms with Gasteiger partial charge in [-0.05, 0) is 78.6 Å². The minimum absolute atomic E-state index is 0.0197. The third-order valence-electron chi connectivity index (χ3n) is 8.83. The van der Waals surface area contributed by atoms with E-state index in [1.165, 1.54) is 0 Å². The van der Waals surface area contributed by atoms with Crippen molar-refractivity contribution in [1.29, 1.82) is 0 Å². The molecule has 9 heteroatoms. The molecule has 4 aromatic carbocycles. The molecule has 2 amide bonds. The van der Waals surface area contributed by atoms with Gasteiger partial charge in [-0.3, -0.25) is 14.4 Å². The Morgan fingerprint density at radius 2 is 1.38 bits per heavy atom. The summed E-state index contributed by atoms with van der Waals surface area (Å²) in [6, 6.07) is 34.0. The van der Waals surface area contributed by atoms with Crippen LogP contribution in [0.4, 0.5) is 0 Å². The second-order valence-electron chi connectivity index (χ2n) is 13.1.